The molecule has 192 valence electrons. The molecule has 0 spiro atoms. The van der Waals surface area contributed by atoms with Crippen molar-refractivity contribution in [3.05, 3.63) is 57.3 Å². The van der Waals surface area contributed by atoms with Gasteiger partial charge >= 0.3 is 0 Å². The van der Waals surface area contributed by atoms with Crippen LogP contribution in [0.15, 0.2) is 30.3 Å². The SMILES string of the molecule is CC(C)c1cc(F)cc(Oc2c(Cl)ccc(C(=O)NCC3CCN(S(=O)(=O)C(C)C)CC3)c2Cl)c1. The predicted octanol–water partition coefficient (Wildman–Crippen LogP) is 6.23. The van der Waals surface area contributed by atoms with Gasteiger partial charge in [-0.2, -0.15) is 0 Å². The Labute approximate surface area is 216 Å². The zero-order valence-electron chi connectivity index (χ0n) is 20.3. The van der Waals surface area contributed by atoms with Crippen LogP contribution in [-0.2, 0) is 10.0 Å². The molecule has 1 aliphatic rings. The van der Waals surface area contributed by atoms with Crippen molar-refractivity contribution in [3.8, 4) is 11.5 Å². The summed E-state index contributed by atoms with van der Waals surface area (Å²) >= 11 is 12.8. The number of benzene rings is 2. The minimum Gasteiger partial charge on any atom is -0.454 e. The van der Waals surface area contributed by atoms with Crippen LogP contribution < -0.4 is 10.1 Å². The molecule has 2 aromatic carbocycles. The van der Waals surface area contributed by atoms with Gasteiger partial charge in [0.25, 0.3) is 5.91 Å². The summed E-state index contributed by atoms with van der Waals surface area (Å²) in [6.45, 7) is 8.50. The molecule has 1 saturated heterocycles. The molecule has 0 bridgehead atoms. The molecule has 0 radical (unpaired) electrons. The molecule has 0 atom stereocenters. The smallest absolute Gasteiger partial charge is 0.252 e. The minimum atomic E-state index is -3.27. The topological polar surface area (TPSA) is 75.7 Å². The van der Waals surface area contributed by atoms with Gasteiger partial charge in [0.05, 0.1) is 20.9 Å². The van der Waals surface area contributed by atoms with E-state index in [0.717, 1.165) is 5.56 Å². The Morgan fingerprint density at radius 1 is 1.14 bits per heavy atom. The summed E-state index contributed by atoms with van der Waals surface area (Å²) in [5.41, 5.74) is 0.944. The highest BCUT2D eigenvalue weighted by atomic mass is 35.5. The first-order chi connectivity index (χ1) is 16.4. The maximum atomic E-state index is 14.1. The lowest BCUT2D eigenvalue weighted by Crippen LogP contribution is -2.44. The molecule has 1 amide bonds. The molecule has 0 aromatic heterocycles. The third kappa shape index (κ3) is 6.67. The quantitative estimate of drug-likeness (QED) is 0.427. The van der Waals surface area contributed by atoms with E-state index in [1.165, 1.54) is 28.6 Å². The highest BCUT2D eigenvalue weighted by Gasteiger charge is 2.30. The Morgan fingerprint density at radius 2 is 1.80 bits per heavy atom. The molecule has 1 fully saturated rings. The van der Waals surface area contributed by atoms with Crippen LogP contribution in [0.1, 0.15) is 62.4 Å². The van der Waals surface area contributed by atoms with E-state index < -0.39 is 27.0 Å². The van der Waals surface area contributed by atoms with Crippen molar-refractivity contribution in [2.75, 3.05) is 19.6 Å². The Balaban J connectivity index is 1.67. The van der Waals surface area contributed by atoms with Crippen LogP contribution in [0.25, 0.3) is 0 Å². The van der Waals surface area contributed by atoms with Crippen LogP contribution in [0, 0.1) is 11.7 Å². The minimum absolute atomic E-state index is 0.0307. The van der Waals surface area contributed by atoms with Gasteiger partial charge in [0, 0.05) is 25.7 Å². The van der Waals surface area contributed by atoms with Crippen molar-refractivity contribution in [1.82, 2.24) is 9.62 Å². The Morgan fingerprint density at radius 3 is 2.40 bits per heavy atom. The number of ether oxygens (including phenoxy) is 1. The van der Waals surface area contributed by atoms with Crippen LogP contribution in [-0.4, -0.2) is 43.5 Å². The first-order valence-electron chi connectivity index (χ1n) is 11.6. The van der Waals surface area contributed by atoms with Gasteiger partial charge in [-0.15, -0.1) is 0 Å². The Kier molecular flexibility index (Phi) is 9.07. The van der Waals surface area contributed by atoms with E-state index in [9.17, 15) is 17.6 Å². The van der Waals surface area contributed by atoms with E-state index >= 15 is 0 Å². The van der Waals surface area contributed by atoms with E-state index in [4.69, 9.17) is 27.9 Å². The van der Waals surface area contributed by atoms with Crippen LogP contribution in [0.4, 0.5) is 4.39 Å². The third-order valence-electron chi connectivity index (χ3n) is 6.15. The summed E-state index contributed by atoms with van der Waals surface area (Å²) in [6.07, 6.45) is 1.32. The fourth-order valence-corrected chi connectivity index (χ4v) is 5.74. The van der Waals surface area contributed by atoms with Crippen LogP contribution in [0.5, 0.6) is 11.5 Å². The zero-order chi connectivity index (χ0) is 25.9. The molecule has 0 saturated carbocycles. The molecule has 1 aliphatic heterocycles. The van der Waals surface area contributed by atoms with Gasteiger partial charge in [-0.05, 0) is 68.4 Å². The second-order valence-electron chi connectivity index (χ2n) is 9.36. The number of nitrogens with one attached hydrogen (secondary N) is 1. The first-order valence-corrected chi connectivity index (χ1v) is 13.9. The first kappa shape index (κ1) is 27.7. The van der Waals surface area contributed by atoms with Gasteiger partial charge in [0.2, 0.25) is 10.0 Å². The van der Waals surface area contributed by atoms with Gasteiger partial charge in [-0.3, -0.25) is 4.79 Å². The standard InChI is InChI=1S/C25H31Cl2FN2O4S/c1-15(2)18-11-19(28)13-20(12-18)34-24-22(26)6-5-21(23(24)27)25(31)29-14-17-7-9-30(10-8-17)35(32,33)16(3)4/h5-6,11-13,15-17H,7-10,14H2,1-4H3,(H,29,31). The van der Waals surface area contributed by atoms with Gasteiger partial charge in [0.1, 0.15) is 11.6 Å². The number of nitrogens with zero attached hydrogens (tertiary/aromatic N) is 1. The monoisotopic (exact) mass is 544 g/mol. The number of hydrogen-bond acceptors (Lipinski definition) is 4. The Bertz CT molecular complexity index is 1180. The molecule has 0 aliphatic carbocycles. The number of carbonyl (C=O) groups excluding carboxylic acids is 1. The van der Waals surface area contributed by atoms with E-state index in [-0.39, 0.29) is 38.9 Å². The number of sulfonamides is 1. The fraction of sp³-hybridized carbons (Fsp3) is 0.480. The van der Waals surface area contributed by atoms with Gasteiger partial charge in [-0.25, -0.2) is 17.1 Å². The number of rotatable bonds is 8. The summed E-state index contributed by atoms with van der Waals surface area (Å²) in [7, 11) is -3.27. The van der Waals surface area contributed by atoms with Crippen molar-refractivity contribution in [2.24, 2.45) is 5.92 Å². The fourth-order valence-electron chi connectivity index (χ4n) is 3.89. The summed E-state index contributed by atoms with van der Waals surface area (Å²) in [6, 6.07) is 7.40. The average molecular weight is 546 g/mol. The van der Waals surface area contributed by atoms with Gasteiger partial charge < -0.3 is 10.1 Å². The number of piperidine rings is 1. The molecule has 3 rings (SSSR count). The molecule has 35 heavy (non-hydrogen) atoms. The van der Waals surface area contributed by atoms with E-state index in [1.807, 2.05) is 13.8 Å². The number of carbonyl (C=O) groups is 1. The highest BCUT2D eigenvalue weighted by molar-refractivity contribution is 7.89. The molecule has 1 heterocycles. The number of halogens is 3. The molecular weight excluding hydrogens is 514 g/mol. The van der Waals surface area contributed by atoms with Crippen LogP contribution in [0.3, 0.4) is 0 Å². The number of amides is 1. The lowest BCUT2D eigenvalue weighted by Gasteiger charge is -2.32. The van der Waals surface area contributed by atoms with E-state index in [1.54, 1.807) is 19.9 Å². The maximum absolute atomic E-state index is 14.1. The van der Waals surface area contributed by atoms with Crippen molar-refractivity contribution in [2.45, 2.75) is 51.7 Å². The summed E-state index contributed by atoms with van der Waals surface area (Å²) in [5.74, 6) is -0.281. The van der Waals surface area contributed by atoms with Gasteiger partial charge in [-0.1, -0.05) is 37.0 Å². The van der Waals surface area contributed by atoms with Crippen molar-refractivity contribution in [1.29, 1.82) is 0 Å². The third-order valence-corrected chi connectivity index (χ3v) is 9.10. The Hall–Kier alpha value is -1.87. The largest absolute Gasteiger partial charge is 0.454 e. The van der Waals surface area contributed by atoms with E-state index in [0.29, 0.717) is 32.5 Å². The predicted molar refractivity (Wildman–Crippen MR) is 138 cm³/mol. The van der Waals surface area contributed by atoms with Crippen molar-refractivity contribution >= 4 is 39.1 Å². The van der Waals surface area contributed by atoms with Crippen molar-refractivity contribution in [3.63, 3.8) is 0 Å². The van der Waals surface area contributed by atoms with Gasteiger partial charge in [0.15, 0.2) is 5.75 Å². The molecule has 0 unspecified atom stereocenters. The summed E-state index contributed by atoms with van der Waals surface area (Å²) in [4.78, 5) is 12.9. The molecule has 2 aromatic rings. The zero-order valence-corrected chi connectivity index (χ0v) is 22.6. The highest BCUT2D eigenvalue weighted by Crippen LogP contribution is 2.39. The lowest BCUT2D eigenvalue weighted by atomic mass is 9.98. The van der Waals surface area contributed by atoms with Crippen molar-refractivity contribution < 1.29 is 22.3 Å². The molecule has 6 nitrogen and oxygen atoms in total. The summed E-state index contributed by atoms with van der Waals surface area (Å²) in [5, 5.41) is 2.65. The lowest BCUT2D eigenvalue weighted by molar-refractivity contribution is 0.0941. The molecule has 1 N–H and O–H groups in total. The van der Waals surface area contributed by atoms with Crippen LogP contribution in [0.2, 0.25) is 10.0 Å². The number of hydrogen-bond donors (Lipinski definition) is 1. The molecule has 10 heteroatoms. The second-order valence-corrected chi connectivity index (χ2v) is 12.6. The second kappa shape index (κ2) is 11.5. The van der Waals surface area contributed by atoms with E-state index in [2.05, 4.69) is 5.32 Å². The normalized spacial score (nSPS) is 15.6. The van der Waals surface area contributed by atoms with Crippen LogP contribution >= 0.6 is 23.2 Å². The molecular formula is C25H31Cl2FN2O4S. The maximum Gasteiger partial charge on any atom is 0.252 e. The average Bonchev–Trinajstić information content (AvgIpc) is 2.80. The summed E-state index contributed by atoms with van der Waals surface area (Å²) < 4.78 is 46.1.